The maximum atomic E-state index is 11.9. The van der Waals surface area contributed by atoms with Gasteiger partial charge in [-0.1, -0.05) is 0 Å². The minimum Gasteiger partial charge on any atom is -0.463 e. The van der Waals surface area contributed by atoms with Crippen molar-refractivity contribution >= 4 is 29.4 Å². The number of H-pyrrole nitrogens is 1. The number of hydrogen-bond donors (Lipinski definition) is 2. The number of aromatic nitrogens is 3. The summed E-state index contributed by atoms with van der Waals surface area (Å²) in [7, 11) is 2.67. The van der Waals surface area contributed by atoms with E-state index < -0.39 is 11.9 Å². The molecule has 0 saturated heterocycles. The Kier molecular flexibility index (Phi) is 3.73. The summed E-state index contributed by atoms with van der Waals surface area (Å²) in [6.07, 6.45) is 0.452. The molecule has 0 saturated carbocycles. The molecule has 0 spiro atoms. The molecular formula is C10H12N6O4. The van der Waals surface area contributed by atoms with Crippen molar-refractivity contribution < 1.29 is 19.1 Å². The molecule has 10 heteroatoms. The van der Waals surface area contributed by atoms with E-state index >= 15 is 0 Å². The average Bonchev–Trinajstić information content (AvgIpc) is 2.89. The number of ether oxygens (including phenoxy) is 1. The molecule has 0 atom stereocenters. The number of hydrogen-bond acceptors (Lipinski definition) is 7. The molecule has 0 aliphatic carbocycles. The van der Waals surface area contributed by atoms with Crippen LogP contribution in [0, 0.1) is 0 Å². The van der Waals surface area contributed by atoms with Crippen LogP contribution in [0.1, 0.15) is 23.5 Å². The van der Waals surface area contributed by atoms with Gasteiger partial charge in [0.2, 0.25) is 17.7 Å². The second-order valence-corrected chi connectivity index (χ2v) is 3.92. The molecule has 0 fully saturated rings. The second kappa shape index (κ2) is 5.47. The summed E-state index contributed by atoms with van der Waals surface area (Å²) in [6.45, 7) is 0. The number of rotatable bonds is 3. The molecule has 2 N–H and O–H groups in total. The van der Waals surface area contributed by atoms with Gasteiger partial charge < -0.3 is 4.74 Å². The van der Waals surface area contributed by atoms with Crippen molar-refractivity contribution in [3.8, 4) is 0 Å². The molecule has 1 aromatic rings. The summed E-state index contributed by atoms with van der Waals surface area (Å²) in [6, 6.07) is 0. The maximum Gasteiger partial charge on any atom is 0.375 e. The molecule has 0 unspecified atom stereocenters. The topological polar surface area (TPSA) is 130 Å². The zero-order valence-electron chi connectivity index (χ0n) is 10.8. The van der Waals surface area contributed by atoms with E-state index in [1.807, 2.05) is 0 Å². The Morgan fingerprint density at radius 3 is 2.80 bits per heavy atom. The monoisotopic (exact) mass is 280 g/mol. The van der Waals surface area contributed by atoms with Gasteiger partial charge in [0.1, 0.15) is 5.71 Å². The standard InChI is InChI=1S/C10H12N6O4/c1-16-6(17)4-3-5(15-16)8(18)12-10-11-7(13-14-10)9(19)20-2/h3-4H2,1-2H3,(H2,11,12,13,14,18). The van der Waals surface area contributed by atoms with Crippen LogP contribution in [-0.4, -0.2) is 57.8 Å². The third kappa shape index (κ3) is 2.79. The molecule has 0 radical (unpaired) electrons. The van der Waals surface area contributed by atoms with Crippen LogP contribution in [-0.2, 0) is 14.3 Å². The first-order valence-corrected chi connectivity index (χ1v) is 5.67. The number of aromatic amines is 1. The van der Waals surface area contributed by atoms with E-state index in [2.05, 4.69) is 30.3 Å². The molecule has 1 aliphatic rings. The molecular weight excluding hydrogens is 268 g/mol. The van der Waals surface area contributed by atoms with Gasteiger partial charge in [0, 0.05) is 19.9 Å². The molecule has 0 bridgehead atoms. The summed E-state index contributed by atoms with van der Waals surface area (Å²) < 4.78 is 4.44. The first kappa shape index (κ1) is 13.6. The van der Waals surface area contributed by atoms with E-state index in [9.17, 15) is 14.4 Å². The van der Waals surface area contributed by atoms with E-state index in [0.29, 0.717) is 0 Å². The van der Waals surface area contributed by atoms with E-state index in [1.54, 1.807) is 0 Å². The highest BCUT2D eigenvalue weighted by Crippen LogP contribution is 2.08. The van der Waals surface area contributed by atoms with Gasteiger partial charge in [-0.3, -0.25) is 20.0 Å². The lowest BCUT2D eigenvalue weighted by Crippen LogP contribution is -2.34. The lowest BCUT2D eigenvalue weighted by atomic mass is 10.1. The molecule has 2 heterocycles. The number of nitrogens with one attached hydrogen (secondary N) is 2. The Morgan fingerprint density at radius 2 is 2.15 bits per heavy atom. The number of anilines is 1. The van der Waals surface area contributed by atoms with Crippen LogP contribution in [0.3, 0.4) is 0 Å². The van der Waals surface area contributed by atoms with Crippen LogP contribution in [0.4, 0.5) is 5.95 Å². The smallest absolute Gasteiger partial charge is 0.375 e. The highest BCUT2D eigenvalue weighted by atomic mass is 16.5. The van der Waals surface area contributed by atoms with Crippen molar-refractivity contribution in [1.29, 1.82) is 0 Å². The highest BCUT2D eigenvalue weighted by molar-refractivity contribution is 6.43. The minimum atomic E-state index is -0.696. The van der Waals surface area contributed by atoms with Gasteiger partial charge in [0.25, 0.3) is 5.91 Å². The van der Waals surface area contributed by atoms with Gasteiger partial charge >= 0.3 is 5.97 Å². The fourth-order valence-electron chi connectivity index (χ4n) is 1.51. The molecule has 2 rings (SSSR count). The van der Waals surface area contributed by atoms with Crippen LogP contribution in [0.5, 0.6) is 0 Å². The highest BCUT2D eigenvalue weighted by Gasteiger charge is 2.23. The molecule has 2 amide bonds. The third-order valence-corrected chi connectivity index (χ3v) is 2.56. The van der Waals surface area contributed by atoms with E-state index in [0.717, 1.165) is 5.01 Å². The van der Waals surface area contributed by atoms with Gasteiger partial charge in [-0.15, -0.1) is 5.10 Å². The molecule has 106 valence electrons. The maximum absolute atomic E-state index is 11.9. The SMILES string of the molecule is COC(=O)c1nc(NC(=O)C2=NN(C)C(=O)CC2)n[nH]1. The number of hydrazone groups is 1. The Balaban J connectivity index is 2.05. The average molecular weight is 280 g/mol. The molecule has 1 aliphatic heterocycles. The predicted octanol–water partition coefficient (Wildman–Crippen LogP) is -0.862. The summed E-state index contributed by atoms with van der Waals surface area (Å²) in [5.74, 6) is -1.58. The van der Waals surface area contributed by atoms with Gasteiger partial charge in [-0.2, -0.15) is 10.1 Å². The lowest BCUT2D eigenvalue weighted by Gasteiger charge is -2.18. The van der Waals surface area contributed by atoms with E-state index in [1.165, 1.54) is 14.2 Å². The Hall–Kier alpha value is -2.78. The fraction of sp³-hybridized carbons (Fsp3) is 0.400. The molecule has 20 heavy (non-hydrogen) atoms. The zero-order valence-corrected chi connectivity index (χ0v) is 10.8. The van der Waals surface area contributed by atoms with Gasteiger partial charge in [0.15, 0.2) is 0 Å². The number of carbonyl (C=O) groups is 3. The van der Waals surface area contributed by atoms with Crippen molar-refractivity contribution in [3.63, 3.8) is 0 Å². The Bertz CT molecular complexity index is 592. The number of amides is 2. The number of carbonyl (C=O) groups excluding carboxylic acids is 3. The molecule has 10 nitrogen and oxygen atoms in total. The summed E-state index contributed by atoms with van der Waals surface area (Å²) in [5.41, 5.74) is 0.191. The zero-order chi connectivity index (χ0) is 14.7. The van der Waals surface area contributed by atoms with Crippen LogP contribution in [0.25, 0.3) is 0 Å². The number of methoxy groups -OCH3 is 1. The summed E-state index contributed by atoms with van der Waals surface area (Å²) >= 11 is 0. The van der Waals surface area contributed by atoms with Gasteiger partial charge in [0.05, 0.1) is 7.11 Å². The third-order valence-electron chi connectivity index (χ3n) is 2.56. The summed E-state index contributed by atoms with van der Waals surface area (Å²) in [5, 5.41) is 13.3. The lowest BCUT2D eigenvalue weighted by molar-refractivity contribution is -0.130. The predicted molar refractivity (Wildman–Crippen MR) is 65.8 cm³/mol. The van der Waals surface area contributed by atoms with Gasteiger partial charge in [-0.05, 0) is 0 Å². The van der Waals surface area contributed by atoms with Crippen LogP contribution in [0.2, 0.25) is 0 Å². The Morgan fingerprint density at radius 1 is 1.40 bits per heavy atom. The summed E-state index contributed by atoms with van der Waals surface area (Å²) in [4.78, 5) is 38.0. The van der Waals surface area contributed by atoms with Crippen LogP contribution < -0.4 is 5.32 Å². The largest absolute Gasteiger partial charge is 0.463 e. The van der Waals surface area contributed by atoms with Gasteiger partial charge in [-0.25, -0.2) is 9.80 Å². The van der Waals surface area contributed by atoms with Crippen molar-refractivity contribution in [2.45, 2.75) is 12.8 Å². The Labute approximate surface area is 113 Å². The first-order valence-electron chi connectivity index (χ1n) is 5.67. The molecule has 0 aromatic carbocycles. The number of nitrogens with zero attached hydrogens (tertiary/aromatic N) is 4. The van der Waals surface area contributed by atoms with Crippen molar-refractivity contribution in [2.75, 3.05) is 19.5 Å². The van der Waals surface area contributed by atoms with E-state index in [-0.39, 0.29) is 36.2 Å². The fourth-order valence-corrected chi connectivity index (χ4v) is 1.51. The minimum absolute atomic E-state index is 0.0716. The van der Waals surface area contributed by atoms with Crippen LogP contribution >= 0.6 is 0 Å². The van der Waals surface area contributed by atoms with Crippen molar-refractivity contribution in [2.24, 2.45) is 5.10 Å². The first-order chi connectivity index (χ1) is 9.51. The normalized spacial score (nSPS) is 14.8. The van der Waals surface area contributed by atoms with Crippen LogP contribution in [0.15, 0.2) is 5.10 Å². The molecule has 1 aromatic heterocycles. The van der Waals surface area contributed by atoms with Crippen molar-refractivity contribution in [1.82, 2.24) is 20.2 Å². The number of esters is 1. The van der Waals surface area contributed by atoms with E-state index in [4.69, 9.17) is 0 Å². The van der Waals surface area contributed by atoms with Crippen molar-refractivity contribution in [3.05, 3.63) is 5.82 Å². The quantitative estimate of drug-likeness (QED) is 0.693. The second-order valence-electron chi connectivity index (χ2n) is 3.92.